The fourth-order valence-electron chi connectivity index (χ4n) is 1.51. The molecule has 6 heteroatoms. The van der Waals surface area contributed by atoms with E-state index in [2.05, 4.69) is 10.3 Å². The quantitative estimate of drug-likeness (QED) is 0.892. The first-order valence-electron chi connectivity index (χ1n) is 6.03. The van der Waals surface area contributed by atoms with Gasteiger partial charge in [0.05, 0.1) is 18.3 Å². The lowest BCUT2D eigenvalue weighted by Crippen LogP contribution is -2.29. The third-order valence-corrected chi connectivity index (χ3v) is 2.61. The van der Waals surface area contributed by atoms with Crippen molar-refractivity contribution in [1.82, 2.24) is 15.0 Å². The van der Waals surface area contributed by atoms with E-state index >= 15 is 0 Å². The lowest BCUT2D eigenvalue weighted by Gasteiger charge is -2.13. The molecule has 0 fully saturated rings. The second kappa shape index (κ2) is 5.36. The third-order valence-electron chi connectivity index (χ3n) is 2.61. The van der Waals surface area contributed by atoms with Gasteiger partial charge in [-0.2, -0.15) is 0 Å². The van der Waals surface area contributed by atoms with E-state index in [1.54, 1.807) is 29.1 Å². The molecular weight excluding hydrogens is 247 g/mol. The number of para-hydroxylation sites is 1. The summed E-state index contributed by atoms with van der Waals surface area (Å²) in [5.41, 5.74) is 6.10. The first kappa shape index (κ1) is 13.5. The van der Waals surface area contributed by atoms with Gasteiger partial charge in [0.1, 0.15) is 12.3 Å². The summed E-state index contributed by atoms with van der Waals surface area (Å²) in [6, 6.07) is 6.29. The minimum atomic E-state index is -0.523. The molecular formula is C13H17FN4O. The van der Waals surface area contributed by atoms with E-state index < -0.39 is 5.54 Å². The van der Waals surface area contributed by atoms with Crippen LogP contribution in [0.5, 0.6) is 5.75 Å². The maximum atomic E-state index is 13.3. The van der Waals surface area contributed by atoms with Crippen LogP contribution < -0.4 is 10.5 Å². The summed E-state index contributed by atoms with van der Waals surface area (Å²) >= 11 is 0. The smallest absolute Gasteiger partial charge is 0.165 e. The molecule has 2 rings (SSSR count). The van der Waals surface area contributed by atoms with Crippen LogP contribution in [0.1, 0.15) is 19.5 Å². The van der Waals surface area contributed by atoms with E-state index in [-0.39, 0.29) is 11.6 Å². The third kappa shape index (κ3) is 3.51. The molecule has 0 saturated heterocycles. The minimum absolute atomic E-state index is 0.238. The molecule has 0 spiro atoms. The van der Waals surface area contributed by atoms with Crippen molar-refractivity contribution in [1.29, 1.82) is 0 Å². The van der Waals surface area contributed by atoms with Gasteiger partial charge in [-0.25, -0.2) is 9.07 Å². The normalized spacial score (nSPS) is 11.6. The molecule has 0 atom stereocenters. The Labute approximate surface area is 111 Å². The largest absolute Gasteiger partial charge is 0.489 e. The molecule has 19 heavy (non-hydrogen) atoms. The molecule has 0 radical (unpaired) electrons. The second-order valence-electron chi connectivity index (χ2n) is 4.87. The maximum absolute atomic E-state index is 13.3. The summed E-state index contributed by atoms with van der Waals surface area (Å²) in [4.78, 5) is 0. The van der Waals surface area contributed by atoms with Crippen LogP contribution in [-0.4, -0.2) is 21.6 Å². The van der Waals surface area contributed by atoms with Crippen LogP contribution in [0.4, 0.5) is 4.39 Å². The summed E-state index contributed by atoms with van der Waals surface area (Å²) < 4.78 is 20.3. The van der Waals surface area contributed by atoms with Gasteiger partial charge in [-0.3, -0.25) is 0 Å². The molecule has 1 aromatic carbocycles. The van der Waals surface area contributed by atoms with Gasteiger partial charge in [-0.15, -0.1) is 5.10 Å². The molecule has 0 aliphatic carbocycles. The second-order valence-corrected chi connectivity index (χ2v) is 4.87. The predicted octanol–water partition coefficient (Wildman–Crippen LogP) is 1.69. The van der Waals surface area contributed by atoms with Crippen molar-refractivity contribution in [3.63, 3.8) is 0 Å². The van der Waals surface area contributed by atoms with Gasteiger partial charge >= 0.3 is 0 Å². The van der Waals surface area contributed by atoms with Crippen LogP contribution in [0.25, 0.3) is 0 Å². The summed E-state index contributed by atoms with van der Waals surface area (Å²) in [7, 11) is 0. The molecule has 5 nitrogen and oxygen atoms in total. The van der Waals surface area contributed by atoms with E-state index in [1.807, 2.05) is 13.8 Å². The lowest BCUT2D eigenvalue weighted by molar-refractivity contribution is 0.277. The first-order chi connectivity index (χ1) is 8.97. The van der Waals surface area contributed by atoms with Gasteiger partial charge in [0.2, 0.25) is 0 Å². The fraction of sp³-hybridized carbons (Fsp3) is 0.385. The molecule has 0 aliphatic rings. The topological polar surface area (TPSA) is 66.0 Å². The van der Waals surface area contributed by atoms with Crippen molar-refractivity contribution in [2.75, 3.05) is 6.61 Å². The summed E-state index contributed by atoms with van der Waals surface area (Å²) in [5.74, 6) is -0.133. The van der Waals surface area contributed by atoms with Gasteiger partial charge in [-0.05, 0) is 26.0 Å². The maximum Gasteiger partial charge on any atom is 0.165 e. The first-order valence-corrected chi connectivity index (χ1v) is 6.03. The Morgan fingerprint density at radius 3 is 2.74 bits per heavy atom. The van der Waals surface area contributed by atoms with Gasteiger partial charge < -0.3 is 10.5 Å². The molecule has 2 aromatic rings. The van der Waals surface area contributed by atoms with Crippen LogP contribution in [0.2, 0.25) is 0 Å². The van der Waals surface area contributed by atoms with Crippen molar-refractivity contribution in [2.45, 2.75) is 25.9 Å². The minimum Gasteiger partial charge on any atom is -0.489 e. The van der Waals surface area contributed by atoms with Crippen molar-refractivity contribution in [3.05, 3.63) is 42.0 Å². The van der Waals surface area contributed by atoms with E-state index in [9.17, 15) is 4.39 Å². The number of benzene rings is 1. The van der Waals surface area contributed by atoms with Crippen molar-refractivity contribution in [2.24, 2.45) is 5.73 Å². The number of hydrogen-bond acceptors (Lipinski definition) is 4. The molecule has 2 N–H and O–H groups in total. The monoisotopic (exact) mass is 264 g/mol. The zero-order valence-electron chi connectivity index (χ0n) is 11.0. The highest BCUT2D eigenvalue weighted by Gasteiger charge is 2.18. The lowest BCUT2D eigenvalue weighted by atomic mass is 10.0. The highest BCUT2D eigenvalue weighted by Crippen LogP contribution is 2.15. The zero-order valence-corrected chi connectivity index (χ0v) is 11.0. The molecule has 0 unspecified atom stereocenters. The highest BCUT2D eigenvalue weighted by molar-refractivity contribution is 5.23. The van der Waals surface area contributed by atoms with E-state index in [0.717, 1.165) is 0 Å². The van der Waals surface area contributed by atoms with E-state index in [0.29, 0.717) is 18.8 Å². The van der Waals surface area contributed by atoms with Crippen molar-refractivity contribution in [3.8, 4) is 5.75 Å². The van der Waals surface area contributed by atoms with E-state index in [1.165, 1.54) is 6.07 Å². The number of aromatic nitrogens is 3. The Morgan fingerprint density at radius 2 is 2.11 bits per heavy atom. The molecule has 1 heterocycles. The predicted molar refractivity (Wildman–Crippen MR) is 69.1 cm³/mol. The van der Waals surface area contributed by atoms with Crippen LogP contribution in [0.3, 0.4) is 0 Å². The number of nitrogens with two attached hydrogens (primary N) is 1. The molecule has 1 aromatic heterocycles. The SMILES string of the molecule is CC(C)(N)c1cn(CCOc2ccccc2F)nn1. The number of rotatable bonds is 5. The standard InChI is InChI=1S/C13H17FN4O/c1-13(2,15)12-9-18(17-16-12)7-8-19-11-6-4-3-5-10(11)14/h3-6,9H,7-8,15H2,1-2H3. The molecule has 0 saturated carbocycles. The fourth-order valence-corrected chi connectivity index (χ4v) is 1.51. The Bertz CT molecular complexity index is 548. The van der Waals surface area contributed by atoms with E-state index in [4.69, 9.17) is 10.5 Å². The summed E-state index contributed by atoms with van der Waals surface area (Å²) in [6.07, 6.45) is 1.77. The van der Waals surface area contributed by atoms with Gasteiger partial charge in [0, 0.05) is 0 Å². The molecule has 102 valence electrons. The van der Waals surface area contributed by atoms with Gasteiger partial charge in [0.15, 0.2) is 11.6 Å². The number of hydrogen-bond donors (Lipinski definition) is 1. The molecule has 0 amide bonds. The van der Waals surface area contributed by atoms with Gasteiger partial charge in [0.25, 0.3) is 0 Å². The zero-order chi connectivity index (χ0) is 13.9. The van der Waals surface area contributed by atoms with Crippen molar-refractivity contribution >= 4 is 0 Å². The Balaban J connectivity index is 1.90. The Morgan fingerprint density at radius 1 is 1.37 bits per heavy atom. The van der Waals surface area contributed by atoms with Crippen LogP contribution in [0, 0.1) is 5.82 Å². The summed E-state index contributed by atoms with van der Waals surface area (Å²) in [6.45, 7) is 4.51. The van der Waals surface area contributed by atoms with Crippen molar-refractivity contribution < 1.29 is 9.13 Å². The number of nitrogens with zero attached hydrogens (tertiary/aromatic N) is 3. The van der Waals surface area contributed by atoms with Gasteiger partial charge in [-0.1, -0.05) is 17.3 Å². The number of halogens is 1. The highest BCUT2D eigenvalue weighted by atomic mass is 19.1. The summed E-state index contributed by atoms with van der Waals surface area (Å²) in [5, 5.41) is 7.94. The van der Waals surface area contributed by atoms with Crippen LogP contribution >= 0.6 is 0 Å². The Kier molecular flexibility index (Phi) is 3.80. The molecule has 0 bridgehead atoms. The van der Waals surface area contributed by atoms with Crippen LogP contribution in [0.15, 0.2) is 30.5 Å². The average Bonchev–Trinajstić information content (AvgIpc) is 2.80. The Hall–Kier alpha value is -1.95. The molecule has 0 aliphatic heterocycles. The average molecular weight is 264 g/mol. The number of ether oxygens (including phenoxy) is 1. The van der Waals surface area contributed by atoms with Crippen LogP contribution in [-0.2, 0) is 12.1 Å².